The maximum atomic E-state index is 13.8. The van der Waals surface area contributed by atoms with E-state index in [0.29, 0.717) is 109 Å². The van der Waals surface area contributed by atoms with Crippen molar-refractivity contribution in [3.05, 3.63) is 59.8 Å². The number of aliphatic imine (C=N–C) groups is 2. The van der Waals surface area contributed by atoms with Gasteiger partial charge in [0.1, 0.15) is 5.70 Å². The second kappa shape index (κ2) is 23.8. The van der Waals surface area contributed by atoms with Gasteiger partial charge in [-0.1, -0.05) is 18.2 Å². The summed E-state index contributed by atoms with van der Waals surface area (Å²) in [5, 5.41) is 11.8. The SMILES string of the molecule is NCCCCC(=O)Nc1cccc(NC(=O)C2=CC(C(=O)Nc3cccc(NC(=O)CCCCN=C(N)N)c3SCCN)=CCCC=N2)c1SCCN. The molecule has 14 N–H and O–H groups in total. The molecule has 1 aliphatic heterocycles. The first kappa shape index (κ1) is 42.7. The molecular formula is C36H51N11O4S2. The second-order valence-electron chi connectivity index (χ2n) is 11.7. The Hall–Kier alpha value is -4.68. The van der Waals surface area contributed by atoms with Crippen LogP contribution in [0.2, 0.25) is 0 Å². The van der Waals surface area contributed by atoms with E-state index in [1.54, 1.807) is 48.7 Å². The summed E-state index contributed by atoms with van der Waals surface area (Å²) >= 11 is 2.81. The number of hydrogen-bond donors (Lipinski definition) is 9. The molecule has 0 spiro atoms. The molecule has 53 heavy (non-hydrogen) atoms. The fraction of sp³-hybridized carbons (Fsp3) is 0.389. The van der Waals surface area contributed by atoms with Crippen molar-refractivity contribution in [1.29, 1.82) is 0 Å². The molecule has 17 heteroatoms. The van der Waals surface area contributed by atoms with Crippen LogP contribution < -0.4 is 49.9 Å². The first-order valence-electron chi connectivity index (χ1n) is 17.5. The number of nitrogens with two attached hydrogens (primary N) is 5. The lowest BCUT2D eigenvalue weighted by molar-refractivity contribution is -0.117. The van der Waals surface area contributed by atoms with Gasteiger partial charge in [0.05, 0.1) is 32.5 Å². The van der Waals surface area contributed by atoms with Gasteiger partial charge in [-0.25, -0.2) is 0 Å². The summed E-state index contributed by atoms with van der Waals surface area (Å²) in [7, 11) is 0. The van der Waals surface area contributed by atoms with Crippen LogP contribution in [0.1, 0.15) is 51.4 Å². The molecule has 4 amide bonds. The molecule has 2 aromatic carbocycles. The van der Waals surface area contributed by atoms with Crippen molar-refractivity contribution < 1.29 is 19.2 Å². The third-order valence-electron chi connectivity index (χ3n) is 7.44. The van der Waals surface area contributed by atoms with Crippen LogP contribution in [0.3, 0.4) is 0 Å². The Morgan fingerprint density at radius 3 is 1.74 bits per heavy atom. The second-order valence-corrected chi connectivity index (χ2v) is 13.9. The van der Waals surface area contributed by atoms with Crippen molar-refractivity contribution in [2.24, 2.45) is 38.7 Å². The molecule has 1 heterocycles. The molecule has 0 aliphatic carbocycles. The van der Waals surface area contributed by atoms with Gasteiger partial charge < -0.3 is 49.9 Å². The van der Waals surface area contributed by atoms with Crippen molar-refractivity contribution in [1.82, 2.24) is 0 Å². The van der Waals surface area contributed by atoms with Crippen LogP contribution >= 0.6 is 23.5 Å². The first-order valence-corrected chi connectivity index (χ1v) is 19.5. The lowest BCUT2D eigenvalue weighted by Gasteiger charge is -2.17. The molecule has 3 rings (SSSR count). The number of nitrogens with zero attached hydrogens (tertiary/aromatic N) is 2. The quantitative estimate of drug-likeness (QED) is 0.0384. The molecule has 0 radical (unpaired) electrons. The minimum absolute atomic E-state index is 0.0126. The van der Waals surface area contributed by atoms with E-state index in [2.05, 4.69) is 31.3 Å². The number of carbonyl (C=O) groups is 4. The van der Waals surface area contributed by atoms with E-state index < -0.39 is 11.8 Å². The standard InChI is InChI=1S/C36H51N11O4S2/c37-16-4-1-14-30(48)44-26-11-8-13-28(33(26)53-22-18-39)47-35(51)29-23-24(9-2-5-19-42-29)34(50)46-27-12-7-10-25(32(27)52-21-17-38)45-31(49)15-3-6-20-43-36(40)41/h7-13,19,23H,1-6,14-18,20-22,37-39H2,(H,44,48)(H,45,49)(H,46,50)(H,47,51)(H4,40,41,43). The molecule has 0 saturated heterocycles. The number of amides is 4. The average molecular weight is 766 g/mol. The maximum absolute atomic E-state index is 13.8. The maximum Gasteiger partial charge on any atom is 0.274 e. The molecule has 0 atom stereocenters. The zero-order valence-electron chi connectivity index (χ0n) is 29.8. The van der Waals surface area contributed by atoms with E-state index in [9.17, 15) is 19.2 Å². The molecule has 0 saturated carbocycles. The number of rotatable bonds is 21. The number of allylic oxidation sites excluding steroid dienone is 1. The van der Waals surface area contributed by atoms with E-state index in [1.165, 1.54) is 29.6 Å². The molecule has 0 aromatic heterocycles. The Balaban J connectivity index is 1.81. The highest BCUT2D eigenvalue weighted by Gasteiger charge is 2.20. The molecule has 2 aromatic rings. The fourth-order valence-corrected chi connectivity index (χ4v) is 6.69. The minimum atomic E-state index is -0.537. The predicted octanol–water partition coefficient (Wildman–Crippen LogP) is 3.49. The molecule has 15 nitrogen and oxygen atoms in total. The van der Waals surface area contributed by atoms with Gasteiger partial charge in [-0.15, -0.1) is 23.5 Å². The molecular weight excluding hydrogens is 715 g/mol. The normalized spacial score (nSPS) is 12.4. The van der Waals surface area contributed by atoms with E-state index in [-0.39, 0.29) is 35.5 Å². The molecule has 0 unspecified atom stereocenters. The van der Waals surface area contributed by atoms with Crippen LogP contribution in [-0.4, -0.2) is 73.5 Å². The van der Waals surface area contributed by atoms with E-state index in [4.69, 9.17) is 28.7 Å². The van der Waals surface area contributed by atoms with Crippen LogP contribution in [-0.2, 0) is 19.2 Å². The van der Waals surface area contributed by atoms with Gasteiger partial charge in [0, 0.05) is 55.8 Å². The van der Waals surface area contributed by atoms with Gasteiger partial charge in [0.15, 0.2) is 5.96 Å². The molecule has 0 fully saturated rings. The van der Waals surface area contributed by atoms with Crippen molar-refractivity contribution in [3.63, 3.8) is 0 Å². The first-order chi connectivity index (χ1) is 25.7. The Labute approximate surface area is 318 Å². The number of anilines is 4. The number of thioether (sulfide) groups is 2. The van der Waals surface area contributed by atoms with Gasteiger partial charge >= 0.3 is 0 Å². The van der Waals surface area contributed by atoms with Crippen molar-refractivity contribution in [2.75, 3.05) is 59.0 Å². The lowest BCUT2D eigenvalue weighted by Crippen LogP contribution is -2.23. The number of carbonyl (C=O) groups excluding carboxylic acids is 4. The van der Waals surface area contributed by atoms with Gasteiger partial charge in [0.25, 0.3) is 11.8 Å². The highest BCUT2D eigenvalue weighted by molar-refractivity contribution is 7.99. The molecule has 286 valence electrons. The Bertz CT molecular complexity index is 1690. The molecule has 1 aliphatic rings. The van der Waals surface area contributed by atoms with Crippen LogP contribution in [0, 0.1) is 0 Å². The van der Waals surface area contributed by atoms with Crippen LogP contribution in [0.5, 0.6) is 0 Å². The van der Waals surface area contributed by atoms with E-state index in [1.807, 2.05) is 0 Å². The highest BCUT2D eigenvalue weighted by Crippen LogP contribution is 2.36. The Kier molecular flexibility index (Phi) is 19.2. The van der Waals surface area contributed by atoms with E-state index >= 15 is 0 Å². The van der Waals surface area contributed by atoms with Crippen LogP contribution in [0.25, 0.3) is 0 Å². The molecule has 0 bridgehead atoms. The largest absolute Gasteiger partial charge is 0.370 e. The van der Waals surface area contributed by atoms with Gasteiger partial charge in [0.2, 0.25) is 11.8 Å². The number of hydrogen-bond acceptors (Lipinski definition) is 11. The summed E-state index contributed by atoms with van der Waals surface area (Å²) < 4.78 is 0. The van der Waals surface area contributed by atoms with E-state index in [0.717, 1.165) is 6.42 Å². The van der Waals surface area contributed by atoms with Gasteiger partial charge in [-0.2, -0.15) is 0 Å². The summed E-state index contributed by atoms with van der Waals surface area (Å²) in [6.07, 6.45) is 9.10. The van der Waals surface area contributed by atoms with Crippen molar-refractivity contribution in [3.8, 4) is 0 Å². The number of unbranched alkanes of at least 4 members (excludes halogenated alkanes) is 2. The zero-order chi connectivity index (χ0) is 38.4. The monoisotopic (exact) mass is 765 g/mol. The average Bonchev–Trinajstić information content (AvgIpc) is 3.11. The smallest absolute Gasteiger partial charge is 0.274 e. The van der Waals surface area contributed by atoms with Gasteiger partial charge in [-0.05, 0) is 75.4 Å². The van der Waals surface area contributed by atoms with Crippen molar-refractivity contribution >= 4 is 82.1 Å². The van der Waals surface area contributed by atoms with Crippen molar-refractivity contribution in [2.45, 2.75) is 61.2 Å². The third kappa shape index (κ3) is 15.1. The number of nitrogens with one attached hydrogen (secondary N) is 4. The minimum Gasteiger partial charge on any atom is -0.370 e. The highest BCUT2D eigenvalue weighted by atomic mass is 32.2. The fourth-order valence-electron chi connectivity index (χ4n) is 4.94. The topological polar surface area (TPSA) is 271 Å². The Morgan fingerprint density at radius 1 is 0.679 bits per heavy atom. The summed E-state index contributed by atoms with van der Waals surface area (Å²) in [5.74, 6) is -0.230. The third-order valence-corrected chi connectivity index (χ3v) is 9.78. The number of guanidine groups is 1. The summed E-state index contributed by atoms with van der Waals surface area (Å²) in [5.41, 5.74) is 30.2. The predicted molar refractivity (Wildman–Crippen MR) is 218 cm³/mol. The van der Waals surface area contributed by atoms with Crippen LogP contribution in [0.15, 0.2) is 79.6 Å². The van der Waals surface area contributed by atoms with Gasteiger partial charge in [-0.3, -0.25) is 29.2 Å². The Morgan fingerprint density at radius 2 is 1.21 bits per heavy atom. The summed E-state index contributed by atoms with van der Waals surface area (Å²) in [4.78, 5) is 62.5. The zero-order valence-corrected chi connectivity index (χ0v) is 31.5. The number of benzene rings is 2. The summed E-state index contributed by atoms with van der Waals surface area (Å²) in [6.45, 7) is 1.72. The van der Waals surface area contributed by atoms with Crippen LogP contribution in [0.4, 0.5) is 22.7 Å². The lowest BCUT2D eigenvalue weighted by atomic mass is 10.1. The summed E-state index contributed by atoms with van der Waals surface area (Å²) in [6, 6.07) is 10.5.